The van der Waals surface area contributed by atoms with E-state index in [1.54, 1.807) is 7.11 Å². The number of methoxy groups -OCH3 is 1. The van der Waals surface area contributed by atoms with Gasteiger partial charge in [-0.15, -0.1) is 0 Å². The third-order valence-electron chi connectivity index (χ3n) is 2.92. The Hall–Kier alpha value is -1.71. The first-order valence-electron chi connectivity index (χ1n) is 5.46. The van der Waals surface area contributed by atoms with Crippen LogP contribution in [0.2, 0.25) is 0 Å². The van der Waals surface area contributed by atoms with Crippen molar-refractivity contribution in [1.82, 2.24) is 4.98 Å². The summed E-state index contributed by atoms with van der Waals surface area (Å²) in [6, 6.07) is 6.41. The Morgan fingerprint density at radius 3 is 2.94 bits per heavy atom. The first-order chi connectivity index (χ1) is 7.76. The van der Waals surface area contributed by atoms with Gasteiger partial charge in [-0.3, -0.25) is 0 Å². The third kappa shape index (κ3) is 1.41. The molecule has 1 saturated heterocycles. The van der Waals surface area contributed by atoms with Crippen LogP contribution in [0.25, 0.3) is 11.1 Å². The summed E-state index contributed by atoms with van der Waals surface area (Å²) in [4.78, 5) is 6.60. The number of benzene rings is 1. The molecule has 1 aliphatic heterocycles. The fraction of sp³-hybridized carbons (Fsp3) is 0.417. The number of rotatable bonds is 2. The van der Waals surface area contributed by atoms with Gasteiger partial charge in [0, 0.05) is 19.2 Å². The van der Waals surface area contributed by atoms with Crippen LogP contribution in [0.5, 0.6) is 5.75 Å². The number of fused-ring (bicyclic) bond motifs is 1. The molecule has 0 aliphatic carbocycles. The van der Waals surface area contributed by atoms with E-state index in [1.807, 2.05) is 18.2 Å². The number of anilines is 1. The maximum atomic E-state index is 5.70. The van der Waals surface area contributed by atoms with E-state index >= 15 is 0 Å². The maximum absolute atomic E-state index is 5.70. The minimum atomic E-state index is 0.723. The number of hydrogen-bond donors (Lipinski definition) is 0. The minimum Gasteiger partial charge on any atom is -0.497 e. The van der Waals surface area contributed by atoms with Crippen molar-refractivity contribution >= 4 is 17.1 Å². The predicted molar refractivity (Wildman–Crippen MR) is 61.9 cm³/mol. The Morgan fingerprint density at radius 1 is 1.44 bits per heavy atom. The van der Waals surface area contributed by atoms with E-state index in [1.165, 1.54) is 0 Å². The van der Waals surface area contributed by atoms with Gasteiger partial charge >= 0.3 is 0 Å². The molecule has 0 bridgehead atoms. The Balaban J connectivity index is 1.96. The maximum Gasteiger partial charge on any atom is 0.298 e. The largest absolute Gasteiger partial charge is 0.497 e. The van der Waals surface area contributed by atoms with Crippen LogP contribution in [0.15, 0.2) is 22.6 Å². The van der Waals surface area contributed by atoms with Gasteiger partial charge in [-0.05, 0) is 18.1 Å². The molecule has 4 nitrogen and oxygen atoms in total. The standard InChI is InChI=1S/C12H14N2O2/c1-8-6-14(7-8)12-13-10-4-3-9(15-2)5-11(10)16-12/h3-5,8H,6-7H2,1-2H3. The van der Waals surface area contributed by atoms with Crippen molar-refractivity contribution in [3.05, 3.63) is 18.2 Å². The van der Waals surface area contributed by atoms with Gasteiger partial charge in [-0.2, -0.15) is 4.98 Å². The van der Waals surface area contributed by atoms with E-state index in [2.05, 4.69) is 16.8 Å². The van der Waals surface area contributed by atoms with Crippen LogP contribution in [0.4, 0.5) is 6.01 Å². The smallest absolute Gasteiger partial charge is 0.298 e. The molecule has 1 aliphatic rings. The highest BCUT2D eigenvalue weighted by molar-refractivity contribution is 5.76. The van der Waals surface area contributed by atoms with Gasteiger partial charge in [0.05, 0.1) is 7.11 Å². The Labute approximate surface area is 93.8 Å². The highest BCUT2D eigenvalue weighted by atomic mass is 16.5. The Kier molecular flexibility index (Phi) is 2.02. The molecule has 0 unspecified atom stereocenters. The van der Waals surface area contributed by atoms with Gasteiger partial charge in [0.1, 0.15) is 11.3 Å². The van der Waals surface area contributed by atoms with E-state index < -0.39 is 0 Å². The van der Waals surface area contributed by atoms with Crippen LogP contribution in [-0.2, 0) is 0 Å². The number of oxazole rings is 1. The normalized spacial score (nSPS) is 16.5. The topological polar surface area (TPSA) is 38.5 Å². The molecule has 1 aromatic carbocycles. The number of nitrogens with zero attached hydrogens (tertiary/aromatic N) is 2. The monoisotopic (exact) mass is 218 g/mol. The first kappa shape index (κ1) is 9.51. The summed E-state index contributed by atoms with van der Waals surface area (Å²) in [6.45, 7) is 4.29. The average Bonchev–Trinajstić information content (AvgIpc) is 2.66. The van der Waals surface area contributed by atoms with E-state index in [4.69, 9.17) is 9.15 Å². The molecule has 3 rings (SSSR count). The van der Waals surface area contributed by atoms with Gasteiger partial charge in [0.25, 0.3) is 6.01 Å². The number of ether oxygens (including phenoxy) is 1. The average molecular weight is 218 g/mol. The molecule has 0 atom stereocenters. The summed E-state index contributed by atoms with van der Waals surface area (Å²) < 4.78 is 10.8. The lowest BCUT2D eigenvalue weighted by Gasteiger charge is -2.35. The lowest BCUT2D eigenvalue weighted by Crippen LogP contribution is -2.45. The van der Waals surface area contributed by atoms with Gasteiger partial charge in [-0.1, -0.05) is 6.92 Å². The summed E-state index contributed by atoms with van der Waals surface area (Å²) >= 11 is 0. The van der Waals surface area contributed by atoms with Crippen LogP contribution in [0, 0.1) is 5.92 Å². The third-order valence-corrected chi connectivity index (χ3v) is 2.92. The summed E-state index contributed by atoms with van der Waals surface area (Å²) in [6.07, 6.45) is 0. The number of hydrogen-bond acceptors (Lipinski definition) is 4. The van der Waals surface area contributed by atoms with Crippen LogP contribution in [0.1, 0.15) is 6.92 Å². The van der Waals surface area contributed by atoms with Crippen molar-refractivity contribution in [3.63, 3.8) is 0 Å². The second-order valence-electron chi connectivity index (χ2n) is 4.34. The fourth-order valence-corrected chi connectivity index (χ4v) is 2.01. The molecule has 2 aromatic rings. The fourth-order valence-electron chi connectivity index (χ4n) is 2.01. The lowest BCUT2D eigenvalue weighted by molar-refractivity contribution is 0.405. The van der Waals surface area contributed by atoms with Gasteiger partial charge in [0.2, 0.25) is 0 Å². The van der Waals surface area contributed by atoms with Crippen LogP contribution in [0.3, 0.4) is 0 Å². The van der Waals surface area contributed by atoms with Crippen molar-refractivity contribution < 1.29 is 9.15 Å². The van der Waals surface area contributed by atoms with E-state index in [-0.39, 0.29) is 0 Å². The van der Waals surface area contributed by atoms with E-state index in [0.717, 1.165) is 41.9 Å². The highest BCUT2D eigenvalue weighted by Gasteiger charge is 2.26. The molecule has 1 fully saturated rings. The van der Waals surface area contributed by atoms with Crippen molar-refractivity contribution in [3.8, 4) is 5.75 Å². The van der Waals surface area contributed by atoms with Crippen molar-refractivity contribution in [2.45, 2.75) is 6.92 Å². The molecule has 4 heteroatoms. The second-order valence-corrected chi connectivity index (χ2v) is 4.34. The Morgan fingerprint density at radius 2 is 2.25 bits per heavy atom. The van der Waals surface area contributed by atoms with Gasteiger partial charge in [0.15, 0.2) is 5.58 Å². The Bertz CT molecular complexity index is 515. The molecular weight excluding hydrogens is 204 g/mol. The van der Waals surface area contributed by atoms with E-state index in [0.29, 0.717) is 0 Å². The van der Waals surface area contributed by atoms with Gasteiger partial charge in [-0.25, -0.2) is 0 Å². The lowest BCUT2D eigenvalue weighted by atomic mass is 10.0. The molecule has 84 valence electrons. The minimum absolute atomic E-state index is 0.723. The van der Waals surface area contributed by atoms with Crippen LogP contribution >= 0.6 is 0 Å². The zero-order valence-corrected chi connectivity index (χ0v) is 9.43. The van der Waals surface area contributed by atoms with Crippen molar-refractivity contribution in [2.75, 3.05) is 25.1 Å². The summed E-state index contributed by atoms with van der Waals surface area (Å²) in [7, 11) is 1.65. The molecule has 2 heterocycles. The molecule has 0 spiro atoms. The van der Waals surface area contributed by atoms with Gasteiger partial charge < -0.3 is 14.1 Å². The zero-order valence-electron chi connectivity index (χ0n) is 9.43. The predicted octanol–water partition coefficient (Wildman–Crippen LogP) is 2.29. The highest BCUT2D eigenvalue weighted by Crippen LogP contribution is 2.29. The number of aromatic nitrogens is 1. The molecule has 16 heavy (non-hydrogen) atoms. The van der Waals surface area contributed by atoms with E-state index in [9.17, 15) is 0 Å². The SMILES string of the molecule is COc1ccc2nc(N3CC(C)C3)oc2c1. The quantitative estimate of drug-likeness (QED) is 0.775. The molecule has 1 aromatic heterocycles. The molecule has 0 saturated carbocycles. The van der Waals surface area contributed by atoms with Crippen LogP contribution < -0.4 is 9.64 Å². The first-order valence-corrected chi connectivity index (χ1v) is 5.46. The molecule has 0 N–H and O–H groups in total. The summed E-state index contributed by atoms with van der Waals surface area (Å²) in [5, 5.41) is 0. The van der Waals surface area contributed by atoms with Crippen LogP contribution in [-0.4, -0.2) is 25.2 Å². The molecular formula is C12H14N2O2. The van der Waals surface area contributed by atoms with Crippen molar-refractivity contribution in [2.24, 2.45) is 5.92 Å². The summed E-state index contributed by atoms with van der Waals surface area (Å²) in [5.41, 5.74) is 1.67. The molecule has 0 radical (unpaired) electrons. The zero-order chi connectivity index (χ0) is 11.1. The molecule has 0 amide bonds. The van der Waals surface area contributed by atoms with Crippen molar-refractivity contribution in [1.29, 1.82) is 0 Å². The second kappa shape index (κ2) is 3.40. The summed E-state index contributed by atoms with van der Waals surface area (Å²) in [5.74, 6) is 1.54.